The molecule has 0 saturated heterocycles. The standard InChI is InChI=1S/C46H44N3O2.Pt/c1-27(2)34-25-38(28(3)4)44(39(26-34)29(5)6)49-45-37-19-10-8-14-32(37)23-31-13-7-9-18-36(31)43(45)48-46(49)33-16-11-17-35(24-33)51-41-22-21-30-15-12-20-40(50)42(30)47-41;/h7-22,25-29,43,45,50H,23H2,1-6H3;/q-1;/t43-,45+;/m0./s1. The number of anilines is 1. The Labute approximate surface area is 321 Å². The number of amidine groups is 1. The van der Waals surface area contributed by atoms with Gasteiger partial charge in [0.2, 0.25) is 5.88 Å². The largest absolute Gasteiger partial charge is 0.506 e. The first-order valence-electron chi connectivity index (χ1n) is 18.2. The SMILES string of the molecule is CC(C)c1cc(C(C)C)c(N2C(c3[c-]c(Oc4ccc5cccc(O)c5n4)ccc3)=N[C@H]3c4ccccc4Cc4ccccc4[C@H]32)c(C(C)C)c1.[Pt]. The number of pyridine rings is 1. The number of rotatable bonds is 7. The Hall–Kier alpha value is -4.73. The number of aromatic hydroxyl groups is 1. The topological polar surface area (TPSA) is 58.0 Å². The Morgan fingerprint density at radius 3 is 2.08 bits per heavy atom. The van der Waals surface area contributed by atoms with E-state index < -0.39 is 0 Å². The fraction of sp³-hybridized carbons (Fsp3) is 0.261. The van der Waals surface area contributed by atoms with Crippen LogP contribution in [-0.2, 0) is 27.5 Å². The minimum Gasteiger partial charge on any atom is -0.506 e. The minimum absolute atomic E-state index is 0. The third-order valence-electron chi connectivity index (χ3n) is 10.4. The van der Waals surface area contributed by atoms with Gasteiger partial charge in [-0.25, -0.2) is 4.98 Å². The first-order chi connectivity index (χ1) is 24.7. The Morgan fingerprint density at radius 1 is 0.731 bits per heavy atom. The van der Waals surface area contributed by atoms with Crippen molar-refractivity contribution in [2.45, 2.75) is 77.8 Å². The van der Waals surface area contributed by atoms with E-state index in [0.29, 0.717) is 34.9 Å². The number of hydrogen-bond acceptors (Lipinski definition) is 5. The number of aromatic nitrogens is 1. The van der Waals surface area contributed by atoms with Gasteiger partial charge in [0.15, 0.2) is 0 Å². The molecule has 1 N–H and O–H groups in total. The fourth-order valence-electron chi connectivity index (χ4n) is 7.82. The number of aliphatic imine (C=N–C) groups is 1. The zero-order chi connectivity index (χ0) is 35.4. The molecule has 6 heteroatoms. The first-order valence-corrected chi connectivity index (χ1v) is 18.2. The molecule has 2 heterocycles. The molecule has 0 radical (unpaired) electrons. The Morgan fingerprint density at radius 2 is 1.38 bits per heavy atom. The van der Waals surface area contributed by atoms with Crippen LogP contribution in [0.15, 0.2) is 114 Å². The molecule has 8 rings (SSSR count). The van der Waals surface area contributed by atoms with Crippen molar-refractivity contribution in [1.82, 2.24) is 4.98 Å². The van der Waals surface area contributed by atoms with Crippen molar-refractivity contribution in [3.63, 3.8) is 0 Å². The maximum Gasteiger partial charge on any atom is 0.217 e. The van der Waals surface area contributed by atoms with Gasteiger partial charge in [-0.05, 0) is 75.3 Å². The Kier molecular flexibility index (Phi) is 9.85. The predicted octanol–water partition coefficient (Wildman–Crippen LogP) is 11.6. The summed E-state index contributed by atoms with van der Waals surface area (Å²) >= 11 is 0. The van der Waals surface area contributed by atoms with E-state index >= 15 is 0 Å². The van der Waals surface area contributed by atoms with E-state index in [4.69, 9.17) is 9.73 Å². The van der Waals surface area contributed by atoms with Crippen molar-refractivity contribution in [2.75, 3.05) is 4.90 Å². The molecule has 0 unspecified atom stereocenters. The summed E-state index contributed by atoms with van der Waals surface area (Å²) in [7, 11) is 0. The Bertz CT molecular complexity index is 2280. The van der Waals surface area contributed by atoms with Crippen LogP contribution in [0, 0.1) is 6.07 Å². The minimum atomic E-state index is -0.118. The van der Waals surface area contributed by atoms with Crippen LogP contribution in [0.5, 0.6) is 17.4 Å². The second kappa shape index (κ2) is 14.4. The molecule has 1 aliphatic heterocycles. The van der Waals surface area contributed by atoms with Crippen LogP contribution in [0.2, 0.25) is 0 Å². The summed E-state index contributed by atoms with van der Waals surface area (Å²) in [5, 5.41) is 11.3. The van der Waals surface area contributed by atoms with Crippen molar-refractivity contribution in [3.8, 4) is 17.4 Å². The quantitative estimate of drug-likeness (QED) is 0.162. The summed E-state index contributed by atoms with van der Waals surface area (Å²) < 4.78 is 6.35. The second-order valence-corrected chi connectivity index (χ2v) is 14.8. The van der Waals surface area contributed by atoms with Crippen LogP contribution in [0.1, 0.15) is 116 Å². The van der Waals surface area contributed by atoms with Crippen molar-refractivity contribution in [3.05, 3.63) is 160 Å². The normalized spacial score (nSPS) is 16.3. The van der Waals surface area contributed by atoms with E-state index in [-0.39, 0.29) is 38.9 Å². The van der Waals surface area contributed by atoms with Crippen molar-refractivity contribution >= 4 is 22.4 Å². The van der Waals surface area contributed by atoms with Gasteiger partial charge in [-0.2, -0.15) is 0 Å². The summed E-state index contributed by atoms with van der Waals surface area (Å²) in [5.41, 5.74) is 11.9. The number of hydrogen-bond donors (Lipinski definition) is 1. The van der Waals surface area contributed by atoms with Crippen LogP contribution < -0.4 is 9.64 Å². The number of phenols is 1. The fourth-order valence-corrected chi connectivity index (χ4v) is 7.82. The summed E-state index contributed by atoms with van der Waals surface area (Å²) in [4.78, 5) is 12.9. The monoisotopic (exact) mass is 865 g/mol. The molecule has 5 aromatic carbocycles. The summed E-state index contributed by atoms with van der Waals surface area (Å²) in [5.74, 6) is 2.92. The molecular weight excluding hydrogens is 822 g/mol. The smallest absolute Gasteiger partial charge is 0.217 e. The van der Waals surface area contributed by atoms with Gasteiger partial charge >= 0.3 is 0 Å². The van der Waals surface area contributed by atoms with E-state index in [2.05, 4.69) is 124 Å². The molecule has 2 atom stereocenters. The van der Waals surface area contributed by atoms with E-state index in [1.807, 2.05) is 36.4 Å². The molecule has 1 aromatic heterocycles. The number of phenolic OH excluding ortho intramolecular Hbond substituents is 1. The van der Waals surface area contributed by atoms with Gasteiger partial charge in [-0.1, -0.05) is 120 Å². The van der Waals surface area contributed by atoms with E-state index in [1.54, 1.807) is 6.07 Å². The van der Waals surface area contributed by atoms with Crippen molar-refractivity contribution in [2.24, 2.45) is 4.99 Å². The van der Waals surface area contributed by atoms with Gasteiger partial charge in [0.25, 0.3) is 0 Å². The van der Waals surface area contributed by atoms with Crippen molar-refractivity contribution < 1.29 is 30.9 Å². The molecule has 0 fully saturated rings. The summed E-state index contributed by atoms with van der Waals surface area (Å²) in [6, 6.07) is 41.2. The molecule has 5 nitrogen and oxygen atoms in total. The zero-order valence-electron chi connectivity index (χ0n) is 30.5. The molecule has 6 aromatic rings. The van der Waals surface area contributed by atoms with Crippen LogP contribution >= 0.6 is 0 Å². The van der Waals surface area contributed by atoms with Gasteiger partial charge in [-0.3, -0.25) is 0 Å². The molecule has 0 amide bonds. The van der Waals surface area contributed by atoms with E-state index in [0.717, 1.165) is 23.2 Å². The average Bonchev–Trinajstić information content (AvgIpc) is 3.45. The number of para-hydroxylation sites is 1. The van der Waals surface area contributed by atoms with Crippen molar-refractivity contribution in [1.29, 1.82) is 0 Å². The predicted molar refractivity (Wildman–Crippen MR) is 208 cm³/mol. The summed E-state index contributed by atoms with van der Waals surface area (Å²) in [6.07, 6.45) is 0.877. The van der Waals surface area contributed by atoms with Gasteiger partial charge < -0.3 is 19.7 Å². The molecule has 266 valence electrons. The molecular formula is C46H44N3O2Pt-. The van der Waals surface area contributed by atoms with Crippen LogP contribution in [0.3, 0.4) is 0 Å². The van der Waals surface area contributed by atoms with Gasteiger partial charge in [0, 0.05) is 44.0 Å². The van der Waals surface area contributed by atoms with Crippen LogP contribution in [0.25, 0.3) is 10.9 Å². The Balaban J connectivity index is 0.00000420. The zero-order valence-corrected chi connectivity index (χ0v) is 32.8. The number of ether oxygens (including phenoxy) is 1. The number of benzene rings is 5. The average molecular weight is 866 g/mol. The molecule has 1 aliphatic carbocycles. The van der Waals surface area contributed by atoms with Crippen LogP contribution in [-0.4, -0.2) is 15.9 Å². The second-order valence-electron chi connectivity index (χ2n) is 14.8. The first kappa shape index (κ1) is 35.7. The van der Waals surface area contributed by atoms with Gasteiger partial charge in [0.1, 0.15) is 11.3 Å². The maximum atomic E-state index is 10.5. The number of nitrogens with zero attached hydrogens (tertiary/aromatic N) is 3. The third-order valence-corrected chi connectivity index (χ3v) is 10.4. The third kappa shape index (κ3) is 6.34. The van der Waals surface area contributed by atoms with Crippen LogP contribution in [0.4, 0.5) is 5.69 Å². The molecule has 0 spiro atoms. The van der Waals surface area contributed by atoms with E-state index in [9.17, 15) is 5.11 Å². The number of fused-ring (bicyclic) bond motifs is 6. The van der Waals surface area contributed by atoms with Gasteiger partial charge in [-0.15, -0.1) is 23.8 Å². The maximum absolute atomic E-state index is 10.5. The molecule has 0 bridgehead atoms. The van der Waals surface area contributed by atoms with Gasteiger partial charge in [0.05, 0.1) is 17.9 Å². The molecule has 0 saturated carbocycles. The summed E-state index contributed by atoms with van der Waals surface area (Å²) in [6.45, 7) is 13.8. The molecule has 2 aliphatic rings. The van der Waals surface area contributed by atoms with E-state index in [1.165, 1.54) is 44.6 Å². The molecule has 52 heavy (non-hydrogen) atoms.